The summed E-state index contributed by atoms with van der Waals surface area (Å²) < 4.78 is 24.9. The maximum absolute atomic E-state index is 11.6. The van der Waals surface area contributed by atoms with Gasteiger partial charge in [-0.1, -0.05) is 6.92 Å². The third kappa shape index (κ3) is 3.26. The number of sulfone groups is 1. The highest BCUT2D eigenvalue weighted by Gasteiger charge is 2.28. The SMILES string of the molecule is CCCNCc1nnnn1C1CCCS(=O)(=O)C1. The highest BCUT2D eigenvalue weighted by Crippen LogP contribution is 2.22. The normalized spacial score (nSPS) is 23.1. The van der Waals surface area contributed by atoms with E-state index in [2.05, 4.69) is 27.8 Å². The van der Waals surface area contributed by atoms with Gasteiger partial charge in [-0.25, -0.2) is 13.1 Å². The van der Waals surface area contributed by atoms with Crippen molar-refractivity contribution < 1.29 is 8.42 Å². The zero-order valence-electron chi connectivity index (χ0n) is 10.5. The Labute approximate surface area is 107 Å². The van der Waals surface area contributed by atoms with E-state index in [0.29, 0.717) is 18.8 Å². The Morgan fingerprint density at radius 3 is 3.06 bits per heavy atom. The van der Waals surface area contributed by atoms with Crippen molar-refractivity contribution in [1.29, 1.82) is 0 Å². The number of aromatic nitrogens is 4. The Kier molecular flexibility index (Phi) is 4.28. The summed E-state index contributed by atoms with van der Waals surface area (Å²) in [7, 11) is -2.94. The predicted octanol–water partition coefficient (Wildman–Crippen LogP) is -0.0776. The highest BCUT2D eigenvalue weighted by atomic mass is 32.2. The van der Waals surface area contributed by atoms with E-state index in [1.54, 1.807) is 4.68 Å². The lowest BCUT2D eigenvalue weighted by Gasteiger charge is -2.22. The molecule has 1 fully saturated rings. The van der Waals surface area contributed by atoms with Gasteiger partial charge in [-0.3, -0.25) is 0 Å². The molecule has 102 valence electrons. The first-order valence-corrected chi connectivity index (χ1v) is 8.12. The fourth-order valence-electron chi connectivity index (χ4n) is 2.18. The molecule has 1 N–H and O–H groups in total. The van der Waals surface area contributed by atoms with Crippen molar-refractivity contribution in [3.05, 3.63) is 5.82 Å². The van der Waals surface area contributed by atoms with Gasteiger partial charge in [0.25, 0.3) is 0 Å². The second-order valence-corrected chi connectivity index (χ2v) is 6.86. The van der Waals surface area contributed by atoms with Gasteiger partial charge < -0.3 is 5.32 Å². The third-order valence-corrected chi connectivity index (χ3v) is 4.86. The van der Waals surface area contributed by atoms with Gasteiger partial charge in [0.05, 0.1) is 24.1 Å². The molecule has 0 bridgehead atoms. The minimum atomic E-state index is -2.94. The first kappa shape index (κ1) is 13.4. The van der Waals surface area contributed by atoms with Gasteiger partial charge >= 0.3 is 0 Å². The molecule has 0 aromatic carbocycles. The van der Waals surface area contributed by atoms with Gasteiger partial charge in [0.2, 0.25) is 0 Å². The zero-order valence-corrected chi connectivity index (χ0v) is 11.4. The van der Waals surface area contributed by atoms with Crippen LogP contribution in [0.15, 0.2) is 0 Å². The summed E-state index contributed by atoms with van der Waals surface area (Å²) in [5.74, 6) is 1.15. The summed E-state index contributed by atoms with van der Waals surface area (Å²) in [6, 6.07) is -0.114. The predicted molar refractivity (Wildman–Crippen MR) is 66.7 cm³/mol. The number of hydrogen-bond donors (Lipinski definition) is 1. The molecule has 7 nitrogen and oxygen atoms in total. The van der Waals surface area contributed by atoms with E-state index >= 15 is 0 Å². The number of nitrogens with one attached hydrogen (secondary N) is 1. The Bertz CT molecular complexity index is 484. The Morgan fingerprint density at radius 2 is 2.33 bits per heavy atom. The van der Waals surface area contributed by atoms with Crippen molar-refractivity contribution in [3.8, 4) is 0 Å². The van der Waals surface area contributed by atoms with Crippen LogP contribution in [0.1, 0.15) is 38.1 Å². The molecule has 0 aliphatic carbocycles. The molecular weight excluding hydrogens is 254 g/mol. The molecule has 0 saturated carbocycles. The number of rotatable bonds is 5. The van der Waals surface area contributed by atoms with Gasteiger partial charge in [-0.15, -0.1) is 5.10 Å². The molecule has 18 heavy (non-hydrogen) atoms. The lowest BCUT2D eigenvalue weighted by Crippen LogP contribution is -2.30. The zero-order chi connectivity index (χ0) is 13.0. The average Bonchev–Trinajstić information content (AvgIpc) is 2.76. The van der Waals surface area contributed by atoms with Gasteiger partial charge in [0.1, 0.15) is 0 Å². The van der Waals surface area contributed by atoms with Crippen molar-refractivity contribution in [2.45, 2.75) is 38.8 Å². The van der Waals surface area contributed by atoms with Crippen LogP contribution in [-0.2, 0) is 16.4 Å². The van der Waals surface area contributed by atoms with Crippen LogP contribution in [0.3, 0.4) is 0 Å². The van der Waals surface area contributed by atoms with Crippen LogP contribution in [0, 0.1) is 0 Å². The number of hydrogen-bond acceptors (Lipinski definition) is 6. The molecule has 0 amide bonds. The largest absolute Gasteiger partial charge is 0.310 e. The van der Waals surface area contributed by atoms with Crippen LogP contribution in [0.4, 0.5) is 0 Å². The first-order valence-electron chi connectivity index (χ1n) is 6.30. The lowest BCUT2D eigenvalue weighted by molar-refractivity contribution is 0.409. The summed E-state index contributed by atoms with van der Waals surface area (Å²) in [5, 5.41) is 14.8. The van der Waals surface area contributed by atoms with Crippen molar-refractivity contribution in [2.24, 2.45) is 0 Å². The van der Waals surface area contributed by atoms with Crippen LogP contribution < -0.4 is 5.32 Å². The summed E-state index contributed by atoms with van der Waals surface area (Å²) in [4.78, 5) is 0. The summed E-state index contributed by atoms with van der Waals surface area (Å²) in [6.07, 6.45) is 2.55. The Balaban J connectivity index is 2.06. The molecule has 0 radical (unpaired) electrons. The van der Waals surface area contributed by atoms with Crippen LogP contribution in [0.2, 0.25) is 0 Å². The molecule has 1 atom stereocenters. The lowest BCUT2D eigenvalue weighted by atomic mass is 10.2. The van der Waals surface area contributed by atoms with Crippen LogP contribution >= 0.6 is 0 Å². The minimum Gasteiger partial charge on any atom is -0.310 e. The maximum Gasteiger partial charge on any atom is 0.165 e. The van der Waals surface area contributed by atoms with E-state index < -0.39 is 9.84 Å². The fourth-order valence-corrected chi connectivity index (χ4v) is 3.85. The van der Waals surface area contributed by atoms with Crippen LogP contribution in [-0.4, -0.2) is 46.7 Å². The molecule has 2 rings (SSSR count). The molecule has 1 aromatic heterocycles. The van der Waals surface area contributed by atoms with Crippen LogP contribution in [0.25, 0.3) is 0 Å². The second-order valence-electron chi connectivity index (χ2n) is 4.63. The Morgan fingerprint density at radius 1 is 1.50 bits per heavy atom. The fraction of sp³-hybridized carbons (Fsp3) is 0.900. The van der Waals surface area contributed by atoms with E-state index in [-0.39, 0.29) is 17.5 Å². The first-order chi connectivity index (χ1) is 8.62. The van der Waals surface area contributed by atoms with Crippen molar-refractivity contribution >= 4 is 9.84 Å². The number of tetrazole rings is 1. The smallest absolute Gasteiger partial charge is 0.165 e. The summed E-state index contributed by atoms with van der Waals surface area (Å²) in [6.45, 7) is 3.57. The van der Waals surface area contributed by atoms with Crippen molar-refractivity contribution in [2.75, 3.05) is 18.1 Å². The summed E-state index contributed by atoms with van der Waals surface area (Å²) >= 11 is 0. The van der Waals surface area contributed by atoms with E-state index in [9.17, 15) is 8.42 Å². The molecule has 8 heteroatoms. The topological polar surface area (TPSA) is 89.8 Å². The van der Waals surface area contributed by atoms with Gasteiger partial charge in [0, 0.05) is 0 Å². The van der Waals surface area contributed by atoms with E-state index in [4.69, 9.17) is 0 Å². The number of nitrogens with zero attached hydrogens (tertiary/aromatic N) is 4. The average molecular weight is 273 g/mol. The van der Waals surface area contributed by atoms with Gasteiger partial charge in [-0.05, 0) is 36.2 Å². The molecule has 1 unspecified atom stereocenters. The standard InChI is InChI=1S/C10H19N5O2S/c1-2-5-11-7-10-12-13-14-15(10)9-4-3-6-18(16,17)8-9/h9,11H,2-8H2,1H3. The molecule has 1 saturated heterocycles. The molecule has 0 spiro atoms. The van der Waals surface area contributed by atoms with E-state index in [1.165, 1.54) is 0 Å². The molecule has 2 heterocycles. The summed E-state index contributed by atoms with van der Waals surface area (Å²) in [5.41, 5.74) is 0. The van der Waals surface area contributed by atoms with Crippen molar-refractivity contribution in [3.63, 3.8) is 0 Å². The molecule has 1 aromatic rings. The Hall–Kier alpha value is -1.02. The maximum atomic E-state index is 11.6. The van der Waals surface area contributed by atoms with Crippen molar-refractivity contribution in [1.82, 2.24) is 25.5 Å². The molecule has 1 aliphatic rings. The third-order valence-electron chi connectivity index (χ3n) is 3.06. The van der Waals surface area contributed by atoms with E-state index in [0.717, 1.165) is 19.4 Å². The molecular formula is C10H19N5O2S. The van der Waals surface area contributed by atoms with Gasteiger partial charge in [0.15, 0.2) is 15.7 Å². The monoisotopic (exact) mass is 273 g/mol. The van der Waals surface area contributed by atoms with E-state index in [1.807, 2.05) is 0 Å². The minimum absolute atomic E-state index is 0.114. The van der Waals surface area contributed by atoms with Gasteiger partial charge in [-0.2, -0.15) is 0 Å². The molecule has 1 aliphatic heterocycles. The quantitative estimate of drug-likeness (QED) is 0.755. The second kappa shape index (κ2) is 5.75. The van der Waals surface area contributed by atoms with Crippen LogP contribution in [0.5, 0.6) is 0 Å². The highest BCUT2D eigenvalue weighted by molar-refractivity contribution is 7.91.